The molecule has 2 aromatic rings. The fourth-order valence-electron chi connectivity index (χ4n) is 3.75. The standard InChI is InChI=1S/C23H23ClN2O2/c1-28-21-10-7-18(8-11-21)14-25-16-19-13-20(24)9-12-22(19)26(23(25)27)15-17-5-3-2-4-6-17/h2-8,10-11,13H,9,12,14-16H2,1H3. The van der Waals surface area contributed by atoms with Gasteiger partial charge in [0.1, 0.15) is 5.75 Å². The molecule has 0 atom stereocenters. The molecule has 144 valence electrons. The normalized spacial score (nSPS) is 16.8. The minimum absolute atomic E-state index is 0.0462. The third-order valence-electron chi connectivity index (χ3n) is 5.21. The number of hydrogen-bond acceptors (Lipinski definition) is 2. The van der Waals surface area contributed by atoms with E-state index in [0.717, 1.165) is 46.0 Å². The molecular weight excluding hydrogens is 372 g/mol. The van der Waals surface area contributed by atoms with E-state index >= 15 is 0 Å². The number of benzene rings is 2. The van der Waals surface area contributed by atoms with Crippen molar-refractivity contribution in [1.29, 1.82) is 0 Å². The van der Waals surface area contributed by atoms with Crippen molar-refractivity contribution in [2.45, 2.75) is 25.9 Å². The van der Waals surface area contributed by atoms with Crippen molar-refractivity contribution in [1.82, 2.24) is 9.80 Å². The first-order valence-electron chi connectivity index (χ1n) is 9.45. The van der Waals surface area contributed by atoms with Crippen molar-refractivity contribution < 1.29 is 9.53 Å². The van der Waals surface area contributed by atoms with Gasteiger partial charge in [0.25, 0.3) is 0 Å². The van der Waals surface area contributed by atoms with Crippen molar-refractivity contribution >= 4 is 17.6 Å². The van der Waals surface area contributed by atoms with Gasteiger partial charge < -0.3 is 9.64 Å². The minimum atomic E-state index is 0.0462. The van der Waals surface area contributed by atoms with Crippen LogP contribution >= 0.6 is 11.6 Å². The van der Waals surface area contributed by atoms with Crippen molar-refractivity contribution in [3.8, 4) is 5.75 Å². The van der Waals surface area contributed by atoms with Gasteiger partial charge in [0.2, 0.25) is 0 Å². The number of rotatable bonds is 5. The van der Waals surface area contributed by atoms with E-state index in [1.807, 2.05) is 58.3 Å². The predicted molar refractivity (Wildman–Crippen MR) is 111 cm³/mol. The van der Waals surface area contributed by atoms with Crippen LogP contribution < -0.4 is 4.74 Å². The fourth-order valence-corrected chi connectivity index (χ4v) is 3.98. The maximum absolute atomic E-state index is 13.3. The number of nitrogens with zero attached hydrogens (tertiary/aromatic N) is 2. The van der Waals surface area contributed by atoms with Crippen LogP contribution in [-0.4, -0.2) is 29.5 Å². The summed E-state index contributed by atoms with van der Waals surface area (Å²) in [4.78, 5) is 17.1. The number of ether oxygens (including phenoxy) is 1. The fraction of sp³-hybridized carbons (Fsp3) is 0.261. The highest BCUT2D eigenvalue weighted by Crippen LogP contribution is 2.34. The van der Waals surface area contributed by atoms with E-state index in [2.05, 4.69) is 12.1 Å². The lowest BCUT2D eigenvalue weighted by Crippen LogP contribution is -2.47. The van der Waals surface area contributed by atoms with Gasteiger partial charge in [-0.05, 0) is 47.8 Å². The zero-order valence-corrected chi connectivity index (χ0v) is 16.7. The van der Waals surface area contributed by atoms with E-state index in [1.165, 1.54) is 0 Å². The molecule has 1 aliphatic carbocycles. The Balaban J connectivity index is 1.62. The van der Waals surface area contributed by atoms with E-state index in [1.54, 1.807) is 7.11 Å². The first kappa shape index (κ1) is 18.6. The van der Waals surface area contributed by atoms with Crippen molar-refractivity contribution in [2.75, 3.05) is 13.7 Å². The van der Waals surface area contributed by atoms with Crippen molar-refractivity contribution in [3.63, 3.8) is 0 Å². The molecule has 0 bridgehead atoms. The number of methoxy groups -OCH3 is 1. The van der Waals surface area contributed by atoms with Crippen LogP contribution in [-0.2, 0) is 13.1 Å². The monoisotopic (exact) mass is 394 g/mol. The summed E-state index contributed by atoms with van der Waals surface area (Å²) in [6.45, 7) is 1.71. The molecule has 1 heterocycles. The Morgan fingerprint density at radius 3 is 2.39 bits per heavy atom. The number of urea groups is 1. The Morgan fingerprint density at radius 1 is 0.964 bits per heavy atom. The van der Waals surface area contributed by atoms with Crippen LogP contribution in [0.1, 0.15) is 24.0 Å². The van der Waals surface area contributed by atoms with Gasteiger partial charge in [-0.3, -0.25) is 4.90 Å². The molecule has 4 nitrogen and oxygen atoms in total. The van der Waals surface area contributed by atoms with Crippen LogP contribution in [0.3, 0.4) is 0 Å². The maximum Gasteiger partial charge on any atom is 0.325 e. The van der Waals surface area contributed by atoms with E-state index in [0.29, 0.717) is 19.6 Å². The molecule has 1 aliphatic heterocycles. The summed E-state index contributed by atoms with van der Waals surface area (Å²) in [6, 6.07) is 18.0. The quantitative estimate of drug-likeness (QED) is 0.689. The second kappa shape index (κ2) is 8.11. The van der Waals surface area contributed by atoms with Gasteiger partial charge in [0.15, 0.2) is 0 Å². The Hall–Kier alpha value is -2.72. The molecular formula is C23H23ClN2O2. The summed E-state index contributed by atoms with van der Waals surface area (Å²) in [6.07, 6.45) is 3.63. The lowest BCUT2D eigenvalue weighted by Gasteiger charge is -2.40. The summed E-state index contributed by atoms with van der Waals surface area (Å²) in [5.41, 5.74) is 4.43. The molecule has 0 unspecified atom stereocenters. The Morgan fingerprint density at radius 2 is 1.68 bits per heavy atom. The summed E-state index contributed by atoms with van der Waals surface area (Å²) < 4.78 is 5.23. The average molecular weight is 395 g/mol. The molecule has 0 fully saturated rings. The predicted octanol–water partition coefficient (Wildman–Crippen LogP) is 5.30. The van der Waals surface area contributed by atoms with Crippen LogP contribution in [0.15, 0.2) is 77.0 Å². The van der Waals surface area contributed by atoms with Gasteiger partial charge in [0.05, 0.1) is 13.7 Å². The van der Waals surface area contributed by atoms with Crippen LogP contribution in [0.25, 0.3) is 0 Å². The number of carbonyl (C=O) groups excluding carboxylic acids is 1. The van der Waals surface area contributed by atoms with Gasteiger partial charge in [0, 0.05) is 23.8 Å². The van der Waals surface area contributed by atoms with Crippen LogP contribution in [0.5, 0.6) is 5.75 Å². The van der Waals surface area contributed by atoms with Gasteiger partial charge in [-0.2, -0.15) is 0 Å². The zero-order chi connectivity index (χ0) is 19.5. The second-order valence-electron chi connectivity index (χ2n) is 7.12. The van der Waals surface area contributed by atoms with Gasteiger partial charge in [-0.1, -0.05) is 54.1 Å². The molecule has 5 heteroatoms. The average Bonchev–Trinajstić information content (AvgIpc) is 2.72. The number of allylic oxidation sites excluding steroid dienone is 2. The molecule has 0 spiro atoms. The lowest BCUT2D eigenvalue weighted by atomic mass is 9.98. The molecule has 2 amide bonds. The zero-order valence-electron chi connectivity index (χ0n) is 15.9. The summed E-state index contributed by atoms with van der Waals surface area (Å²) >= 11 is 6.31. The number of hydrogen-bond donors (Lipinski definition) is 0. The highest BCUT2D eigenvalue weighted by atomic mass is 35.5. The summed E-state index contributed by atoms with van der Waals surface area (Å²) in [5.74, 6) is 0.811. The first-order chi connectivity index (χ1) is 13.6. The third-order valence-corrected chi connectivity index (χ3v) is 5.50. The van der Waals surface area contributed by atoms with Crippen molar-refractivity contribution in [2.24, 2.45) is 0 Å². The van der Waals surface area contributed by atoms with E-state index < -0.39 is 0 Å². The second-order valence-corrected chi connectivity index (χ2v) is 7.61. The lowest BCUT2D eigenvalue weighted by molar-refractivity contribution is 0.153. The van der Waals surface area contributed by atoms with E-state index in [9.17, 15) is 4.79 Å². The number of halogens is 1. The van der Waals surface area contributed by atoms with E-state index in [4.69, 9.17) is 16.3 Å². The van der Waals surface area contributed by atoms with Crippen molar-refractivity contribution in [3.05, 3.63) is 88.1 Å². The maximum atomic E-state index is 13.3. The van der Waals surface area contributed by atoms with Gasteiger partial charge in [-0.25, -0.2) is 4.79 Å². The highest BCUT2D eigenvalue weighted by molar-refractivity contribution is 6.29. The SMILES string of the molecule is COc1ccc(CN2CC3=C(CCC(Cl)=C3)N(Cc3ccccc3)C2=O)cc1. The van der Waals surface area contributed by atoms with Crippen LogP contribution in [0.4, 0.5) is 4.79 Å². The molecule has 0 radical (unpaired) electrons. The van der Waals surface area contributed by atoms with Crippen LogP contribution in [0, 0.1) is 0 Å². The number of amides is 2. The van der Waals surface area contributed by atoms with Gasteiger partial charge in [-0.15, -0.1) is 0 Å². The summed E-state index contributed by atoms with van der Waals surface area (Å²) in [5, 5.41) is 0.858. The Labute approximate surface area is 170 Å². The topological polar surface area (TPSA) is 32.8 Å². The molecule has 2 aliphatic rings. The number of carbonyl (C=O) groups is 1. The van der Waals surface area contributed by atoms with Gasteiger partial charge >= 0.3 is 6.03 Å². The highest BCUT2D eigenvalue weighted by Gasteiger charge is 2.33. The largest absolute Gasteiger partial charge is 0.497 e. The Kier molecular flexibility index (Phi) is 5.40. The smallest absolute Gasteiger partial charge is 0.325 e. The Bertz CT molecular complexity index is 919. The minimum Gasteiger partial charge on any atom is -0.497 e. The summed E-state index contributed by atoms with van der Waals surface area (Å²) in [7, 11) is 1.65. The molecule has 4 rings (SSSR count). The molecule has 0 saturated carbocycles. The first-order valence-corrected chi connectivity index (χ1v) is 9.83. The third kappa shape index (κ3) is 3.92. The molecule has 2 aromatic carbocycles. The van der Waals surface area contributed by atoms with Crippen LogP contribution in [0.2, 0.25) is 0 Å². The van der Waals surface area contributed by atoms with E-state index in [-0.39, 0.29) is 6.03 Å². The molecule has 0 aromatic heterocycles. The molecule has 0 N–H and O–H groups in total. The molecule has 0 saturated heterocycles. The molecule has 28 heavy (non-hydrogen) atoms.